The van der Waals surface area contributed by atoms with Crippen LogP contribution in [-0.4, -0.2) is 40.5 Å². The van der Waals surface area contributed by atoms with Crippen LogP contribution in [0.25, 0.3) is 6.08 Å². The van der Waals surface area contributed by atoms with Gasteiger partial charge in [-0.2, -0.15) is 0 Å². The van der Waals surface area contributed by atoms with Crippen LogP contribution in [0.5, 0.6) is 0 Å². The Kier molecular flexibility index (Phi) is 10.7. The number of thioether (sulfide) groups is 1. The first-order valence-electron chi connectivity index (χ1n) is 12.9. The predicted molar refractivity (Wildman–Crippen MR) is 162 cm³/mol. The lowest BCUT2D eigenvalue weighted by molar-refractivity contribution is -0.142. The topological polar surface area (TPSA) is 140 Å². The minimum absolute atomic E-state index is 0.00940. The third-order valence-electron chi connectivity index (χ3n) is 5.57. The Morgan fingerprint density at radius 1 is 1.02 bits per heavy atom. The zero-order chi connectivity index (χ0) is 29.9. The first kappa shape index (κ1) is 30.3. The highest BCUT2D eigenvalue weighted by Crippen LogP contribution is 2.26. The zero-order valence-electron chi connectivity index (χ0n) is 22.8. The lowest BCUT2D eigenvalue weighted by atomic mass is 10.2. The molecule has 0 spiro atoms. The molecule has 0 radical (unpaired) electrons. The van der Waals surface area contributed by atoms with Gasteiger partial charge in [-0.1, -0.05) is 18.2 Å². The molecule has 3 amide bonds. The fraction of sp³-hybridized carbons (Fsp3) is 0.167. The van der Waals surface area contributed by atoms with Crippen LogP contribution in [0.15, 0.2) is 93.4 Å². The summed E-state index contributed by atoms with van der Waals surface area (Å²) in [6.07, 6.45) is 2.97. The first-order valence-corrected chi connectivity index (χ1v) is 14.7. The van der Waals surface area contributed by atoms with Gasteiger partial charge in [0.2, 0.25) is 5.91 Å². The third-order valence-corrected chi connectivity index (χ3v) is 7.48. The van der Waals surface area contributed by atoms with Crippen LogP contribution in [0.2, 0.25) is 0 Å². The molecular formula is C30H28N4O6S2. The molecule has 2 aromatic heterocycles. The van der Waals surface area contributed by atoms with Gasteiger partial charge >= 0.3 is 5.97 Å². The number of carbonyl (C=O) groups excluding carboxylic acids is 4. The second kappa shape index (κ2) is 14.8. The van der Waals surface area contributed by atoms with Crippen LogP contribution in [0, 0.1) is 0 Å². The standard InChI is InChI=1S/C30H28N4O6S2/c1-3-39-26(35)16-22-18-41-30(32-22)34-27(36)19(2)42-24-13-11-21(12-14-24)31-29(38)25(17-23-10-7-15-40-23)33-28(37)20-8-5-4-6-9-20/h4-15,17-19H,3,16H2,1-2H3,(H,31,38)(H,33,37)(H,32,34,36)/b25-17-. The summed E-state index contributed by atoms with van der Waals surface area (Å²) in [5, 5.41) is 9.87. The van der Waals surface area contributed by atoms with Crippen LogP contribution >= 0.6 is 23.1 Å². The van der Waals surface area contributed by atoms with Gasteiger partial charge in [0.1, 0.15) is 11.5 Å². The minimum Gasteiger partial charge on any atom is -0.466 e. The summed E-state index contributed by atoms with van der Waals surface area (Å²) in [7, 11) is 0. The molecule has 2 aromatic carbocycles. The normalized spacial score (nSPS) is 11.8. The highest BCUT2D eigenvalue weighted by Gasteiger charge is 2.18. The van der Waals surface area contributed by atoms with Crippen molar-refractivity contribution in [2.75, 3.05) is 17.2 Å². The van der Waals surface area contributed by atoms with Gasteiger partial charge in [0, 0.05) is 27.6 Å². The van der Waals surface area contributed by atoms with Gasteiger partial charge in [-0.25, -0.2) is 4.98 Å². The molecule has 10 nitrogen and oxygen atoms in total. The molecule has 0 aliphatic heterocycles. The smallest absolute Gasteiger partial charge is 0.311 e. The summed E-state index contributed by atoms with van der Waals surface area (Å²) in [5.74, 6) is -1.17. The highest BCUT2D eigenvalue weighted by molar-refractivity contribution is 8.00. The number of carbonyl (C=O) groups is 4. The molecular weight excluding hydrogens is 576 g/mol. The Morgan fingerprint density at radius 3 is 2.48 bits per heavy atom. The Labute approximate surface area is 250 Å². The Bertz CT molecular complexity index is 1550. The van der Waals surface area contributed by atoms with Gasteiger partial charge in [-0.15, -0.1) is 23.1 Å². The lowest BCUT2D eigenvalue weighted by Gasteiger charge is -2.13. The monoisotopic (exact) mass is 604 g/mol. The number of nitrogens with one attached hydrogen (secondary N) is 3. The molecule has 216 valence electrons. The Balaban J connectivity index is 1.34. The Morgan fingerprint density at radius 2 is 1.79 bits per heavy atom. The number of aromatic nitrogens is 1. The van der Waals surface area contributed by atoms with Crippen molar-refractivity contribution in [1.29, 1.82) is 0 Å². The molecule has 0 fully saturated rings. The van der Waals surface area contributed by atoms with Crippen molar-refractivity contribution in [3.8, 4) is 0 Å². The maximum atomic E-state index is 13.1. The van der Waals surface area contributed by atoms with Crippen molar-refractivity contribution in [2.45, 2.75) is 30.4 Å². The van der Waals surface area contributed by atoms with E-state index in [4.69, 9.17) is 9.15 Å². The molecule has 42 heavy (non-hydrogen) atoms. The molecule has 2 heterocycles. The number of benzene rings is 2. The summed E-state index contributed by atoms with van der Waals surface area (Å²) in [4.78, 5) is 55.2. The fourth-order valence-electron chi connectivity index (χ4n) is 3.54. The Hall–Kier alpha value is -4.68. The number of thiazole rings is 1. The minimum atomic E-state index is -0.533. The second-order valence-corrected chi connectivity index (χ2v) is 11.0. The molecule has 0 aliphatic carbocycles. The average Bonchev–Trinajstić information content (AvgIpc) is 3.66. The van der Waals surface area contributed by atoms with E-state index in [1.807, 2.05) is 0 Å². The molecule has 0 bridgehead atoms. The van der Waals surface area contributed by atoms with Gasteiger partial charge in [-0.3, -0.25) is 19.2 Å². The van der Waals surface area contributed by atoms with E-state index >= 15 is 0 Å². The van der Waals surface area contributed by atoms with Crippen LogP contribution in [0.4, 0.5) is 10.8 Å². The third kappa shape index (κ3) is 8.91. The van der Waals surface area contributed by atoms with E-state index in [1.165, 1.54) is 35.4 Å². The number of nitrogens with zero attached hydrogens (tertiary/aromatic N) is 1. The van der Waals surface area contributed by atoms with Gasteiger partial charge in [0.15, 0.2) is 5.13 Å². The summed E-state index contributed by atoms with van der Waals surface area (Å²) >= 11 is 2.57. The lowest BCUT2D eigenvalue weighted by Crippen LogP contribution is -2.30. The number of esters is 1. The van der Waals surface area contributed by atoms with Crippen molar-refractivity contribution < 1.29 is 28.3 Å². The number of ether oxygens (including phenoxy) is 1. The molecule has 1 atom stereocenters. The van der Waals surface area contributed by atoms with E-state index in [0.29, 0.717) is 34.4 Å². The highest BCUT2D eigenvalue weighted by atomic mass is 32.2. The van der Waals surface area contributed by atoms with E-state index < -0.39 is 17.1 Å². The van der Waals surface area contributed by atoms with Gasteiger partial charge in [0.25, 0.3) is 11.8 Å². The number of amides is 3. The number of hydrogen-bond donors (Lipinski definition) is 3. The number of rotatable bonds is 12. The van der Waals surface area contributed by atoms with E-state index in [1.54, 1.807) is 86.0 Å². The van der Waals surface area contributed by atoms with Crippen molar-refractivity contribution in [3.05, 3.63) is 101 Å². The molecule has 3 N–H and O–H groups in total. The number of furan rings is 1. The second-order valence-electron chi connectivity index (χ2n) is 8.75. The zero-order valence-corrected chi connectivity index (χ0v) is 24.4. The van der Waals surface area contributed by atoms with Crippen molar-refractivity contribution in [3.63, 3.8) is 0 Å². The average molecular weight is 605 g/mol. The first-order chi connectivity index (χ1) is 20.3. The molecule has 4 rings (SSSR count). The van der Waals surface area contributed by atoms with Crippen LogP contribution < -0.4 is 16.0 Å². The maximum absolute atomic E-state index is 13.1. The number of anilines is 2. The summed E-state index contributed by atoms with van der Waals surface area (Å²) in [6.45, 7) is 3.80. The maximum Gasteiger partial charge on any atom is 0.311 e. The molecule has 0 saturated heterocycles. The van der Waals surface area contributed by atoms with Crippen LogP contribution in [0.3, 0.4) is 0 Å². The van der Waals surface area contributed by atoms with Crippen molar-refractivity contribution in [1.82, 2.24) is 10.3 Å². The molecule has 1 unspecified atom stereocenters. The van der Waals surface area contributed by atoms with Gasteiger partial charge < -0.3 is 25.1 Å². The van der Waals surface area contributed by atoms with E-state index in [9.17, 15) is 19.2 Å². The van der Waals surface area contributed by atoms with E-state index in [2.05, 4.69) is 20.9 Å². The predicted octanol–water partition coefficient (Wildman–Crippen LogP) is 5.37. The van der Waals surface area contributed by atoms with Gasteiger partial charge in [-0.05, 0) is 62.4 Å². The summed E-state index contributed by atoms with van der Waals surface area (Å²) < 4.78 is 10.2. The molecule has 12 heteroatoms. The van der Waals surface area contributed by atoms with E-state index in [-0.39, 0.29) is 24.0 Å². The molecule has 0 saturated carbocycles. The van der Waals surface area contributed by atoms with Crippen LogP contribution in [0.1, 0.15) is 35.7 Å². The van der Waals surface area contributed by atoms with Crippen LogP contribution in [-0.2, 0) is 25.5 Å². The number of hydrogen-bond acceptors (Lipinski definition) is 9. The van der Waals surface area contributed by atoms with Crippen molar-refractivity contribution >= 4 is 63.7 Å². The van der Waals surface area contributed by atoms with Crippen molar-refractivity contribution in [2.24, 2.45) is 0 Å². The molecule has 0 aliphatic rings. The summed E-state index contributed by atoms with van der Waals surface area (Å²) in [5.41, 5.74) is 1.45. The summed E-state index contributed by atoms with van der Waals surface area (Å²) in [6, 6.07) is 18.9. The molecule has 4 aromatic rings. The van der Waals surface area contributed by atoms with E-state index in [0.717, 1.165) is 4.90 Å². The largest absolute Gasteiger partial charge is 0.466 e. The SMILES string of the molecule is CCOC(=O)Cc1csc(NC(=O)C(C)Sc2ccc(NC(=O)/C(=C/c3ccco3)NC(=O)c3ccccc3)cc2)n1. The quantitative estimate of drug-likeness (QED) is 0.111. The van der Waals surface area contributed by atoms with Gasteiger partial charge in [0.05, 0.1) is 30.2 Å². The fourth-order valence-corrected chi connectivity index (χ4v) is 5.12.